The first-order valence-electron chi connectivity index (χ1n) is 28.1. The first-order chi connectivity index (χ1) is 31.9. The lowest BCUT2D eigenvalue weighted by Gasteiger charge is -2.30. The predicted molar refractivity (Wildman–Crippen MR) is 280 cm³/mol. The number of unbranched alkanes of at least 4 members (excludes halogenated alkanes) is 33. The van der Waals surface area contributed by atoms with Gasteiger partial charge in [0.2, 0.25) is 5.91 Å². The average molecular weight is 953 g/mol. The van der Waals surface area contributed by atoms with Crippen molar-refractivity contribution in [2.24, 2.45) is 0 Å². The van der Waals surface area contributed by atoms with E-state index in [1.807, 2.05) is 33.3 Å². The van der Waals surface area contributed by atoms with Crippen LogP contribution in [0.4, 0.5) is 0 Å². The number of esters is 1. The Kier molecular flexibility index (Phi) is 46.1. The zero-order valence-electron chi connectivity index (χ0n) is 44.4. The predicted octanol–water partition coefficient (Wildman–Crippen LogP) is 16.0. The molecule has 1 N–H and O–H groups in total. The number of carbonyl (C=O) groups is 2. The van der Waals surface area contributed by atoms with E-state index in [4.69, 9.17) is 13.8 Å². The maximum atomic E-state index is 13.5. The van der Waals surface area contributed by atoms with E-state index in [0.29, 0.717) is 17.4 Å². The molecular formula is C56H109N2O7P. The summed E-state index contributed by atoms with van der Waals surface area (Å²) >= 11 is 0. The van der Waals surface area contributed by atoms with E-state index in [9.17, 15) is 19.0 Å². The number of ether oxygens (including phenoxy) is 1. The lowest BCUT2D eigenvalue weighted by Crippen LogP contribution is -2.47. The van der Waals surface area contributed by atoms with Crippen LogP contribution >= 0.6 is 7.82 Å². The quantitative estimate of drug-likeness (QED) is 0.0212. The van der Waals surface area contributed by atoms with Crippen LogP contribution in [0.3, 0.4) is 0 Å². The molecule has 0 aromatic rings. The van der Waals surface area contributed by atoms with Gasteiger partial charge in [0, 0.05) is 12.8 Å². The van der Waals surface area contributed by atoms with Crippen LogP contribution in [0.5, 0.6) is 0 Å². The Labute approximate surface area is 409 Å². The highest BCUT2D eigenvalue weighted by Gasteiger charge is 2.27. The number of nitrogens with zero attached hydrogens (tertiary/aromatic N) is 1. The Morgan fingerprint density at radius 1 is 0.515 bits per heavy atom. The van der Waals surface area contributed by atoms with Gasteiger partial charge >= 0.3 is 5.97 Å². The Morgan fingerprint density at radius 2 is 0.879 bits per heavy atom. The van der Waals surface area contributed by atoms with Crippen LogP contribution in [0.2, 0.25) is 0 Å². The molecule has 0 radical (unpaired) electrons. The second kappa shape index (κ2) is 47.2. The number of hydrogen-bond acceptors (Lipinski definition) is 7. The van der Waals surface area contributed by atoms with E-state index in [1.165, 1.54) is 167 Å². The van der Waals surface area contributed by atoms with Gasteiger partial charge in [-0.1, -0.05) is 225 Å². The van der Waals surface area contributed by atoms with Gasteiger partial charge in [-0.15, -0.1) is 0 Å². The second-order valence-corrected chi connectivity index (χ2v) is 21.9. The molecule has 0 fully saturated rings. The van der Waals surface area contributed by atoms with Gasteiger partial charge in [-0.05, 0) is 57.4 Å². The molecule has 9 nitrogen and oxygen atoms in total. The highest BCUT2D eigenvalue weighted by molar-refractivity contribution is 7.45. The number of rotatable bonds is 51. The maximum Gasteiger partial charge on any atom is 0.306 e. The fourth-order valence-corrected chi connectivity index (χ4v) is 8.95. The molecule has 3 unspecified atom stereocenters. The van der Waals surface area contributed by atoms with Crippen molar-refractivity contribution in [3.63, 3.8) is 0 Å². The van der Waals surface area contributed by atoms with E-state index in [0.717, 1.165) is 70.6 Å². The number of phosphoric acid groups is 1. The van der Waals surface area contributed by atoms with Gasteiger partial charge in [0.15, 0.2) is 0 Å². The van der Waals surface area contributed by atoms with Gasteiger partial charge in [0.05, 0.1) is 33.8 Å². The third-order valence-corrected chi connectivity index (χ3v) is 13.6. The molecule has 0 aliphatic carbocycles. The van der Waals surface area contributed by atoms with E-state index in [1.54, 1.807) is 0 Å². The largest absolute Gasteiger partial charge is 0.756 e. The summed E-state index contributed by atoms with van der Waals surface area (Å²) in [4.78, 5) is 39.8. The molecule has 0 saturated heterocycles. The summed E-state index contributed by atoms with van der Waals surface area (Å²) in [5, 5.41) is 3.02. The van der Waals surface area contributed by atoms with E-state index >= 15 is 0 Å². The van der Waals surface area contributed by atoms with E-state index in [-0.39, 0.29) is 31.5 Å². The highest BCUT2D eigenvalue weighted by Crippen LogP contribution is 2.38. The third kappa shape index (κ3) is 47.6. The summed E-state index contributed by atoms with van der Waals surface area (Å²) in [5.41, 5.74) is 0. The molecule has 0 aromatic carbocycles. The average Bonchev–Trinajstić information content (AvgIpc) is 3.27. The highest BCUT2D eigenvalue weighted by atomic mass is 31.2. The van der Waals surface area contributed by atoms with Crippen LogP contribution in [0.1, 0.15) is 271 Å². The smallest absolute Gasteiger partial charge is 0.306 e. The molecule has 0 aliphatic rings. The van der Waals surface area contributed by atoms with Crippen LogP contribution in [-0.2, 0) is 27.9 Å². The first-order valence-corrected chi connectivity index (χ1v) is 29.6. The van der Waals surface area contributed by atoms with E-state index < -0.39 is 20.0 Å². The Bertz CT molecular complexity index is 1190. The number of quaternary nitrogens is 1. The summed E-state index contributed by atoms with van der Waals surface area (Å²) < 4.78 is 30.2. The summed E-state index contributed by atoms with van der Waals surface area (Å²) in [6, 6.07) is -0.883. The number of phosphoric ester groups is 1. The van der Waals surface area contributed by atoms with Gasteiger partial charge in [-0.25, -0.2) is 0 Å². The van der Waals surface area contributed by atoms with Gasteiger partial charge in [-0.3, -0.25) is 14.2 Å². The van der Waals surface area contributed by atoms with Crippen molar-refractivity contribution in [1.82, 2.24) is 5.32 Å². The van der Waals surface area contributed by atoms with Crippen LogP contribution in [0.15, 0.2) is 24.3 Å². The van der Waals surface area contributed by atoms with Gasteiger partial charge in [0.1, 0.15) is 19.3 Å². The molecule has 1 amide bonds. The van der Waals surface area contributed by atoms with Gasteiger partial charge < -0.3 is 28.5 Å². The molecule has 0 saturated carbocycles. The molecule has 0 spiro atoms. The number of amides is 1. The fourth-order valence-electron chi connectivity index (χ4n) is 8.22. The lowest BCUT2D eigenvalue weighted by molar-refractivity contribution is -0.870. The maximum absolute atomic E-state index is 13.5. The van der Waals surface area contributed by atoms with Crippen molar-refractivity contribution >= 4 is 19.7 Å². The Balaban J connectivity index is 5.36. The first kappa shape index (κ1) is 64.5. The summed E-state index contributed by atoms with van der Waals surface area (Å²) in [6.07, 6.45) is 52.7. The summed E-state index contributed by atoms with van der Waals surface area (Å²) in [6.45, 7) is 6.84. The minimum atomic E-state index is -4.69. The lowest BCUT2D eigenvalue weighted by atomic mass is 10.0. The Morgan fingerprint density at radius 3 is 1.30 bits per heavy atom. The SMILES string of the molecule is CCCCCC/C=C\CCCCCCCCCC(=O)NC(COP(=O)([O-])OCC[N+](C)(C)C)C(/C=C/CCCCCCCCCCCC)OC(=O)CCCCCCCCCCCCCCC. The fraction of sp³-hybridized carbons (Fsp3) is 0.893. The number of likely N-dealkylation sites (N-methyl/N-ethyl adjacent to an activating group) is 1. The molecule has 66 heavy (non-hydrogen) atoms. The van der Waals surface area contributed by atoms with Crippen molar-refractivity contribution in [3.8, 4) is 0 Å². The molecule has 390 valence electrons. The van der Waals surface area contributed by atoms with Gasteiger partial charge in [-0.2, -0.15) is 0 Å². The Hall–Kier alpha value is -1.51. The standard InChI is InChI=1S/C56H109N2O7P/c1-7-10-13-16-19-22-25-28-29-31-33-36-39-42-45-48-55(59)57-53(52-64-66(61,62)63-51-50-58(4,5)6)54(47-44-41-38-35-32-27-24-21-18-15-12-9-3)65-56(60)49-46-43-40-37-34-30-26-23-20-17-14-11-8-2/h22,25,44,47,53-54H,7-21,23-24,26-43,45-46,48-52H2,1-6H3,(H-,57,59,61,62)/b25-22-,47-44+. The minimum Gasteiger partial charge on any atom is -0.756 e. The van der Waals surface area contributed by atoms with Crippen molar-refractivity contribution in [3.05, 3.63) is 24.3 Å². The van der Waals surface area contributed by atoms with E-state index in [2.05, 4.69) is 38.2 Å². The van der Waals surface area contributed by atoms with Crippen molar-refractivity contribution in [1.29, 1.82) is 0 Å². The molecule has 0 heterocycles. The molecule has 10 heteroatoms. The van der Waals surface area contributed by atoms with Crippen LogP contribution < -0.4 is 10.2 Å². The van der Waals surface area contributed by atoms with Crippen molar-refractivity contribution < 1.29 is 37.3 Å². The number of hydrogen-bond donors (Lipinski definition) is 1. The van der Waals surface area contributed by atoms with Crippen LogP contribution in [0.25, 0.3) is 0 Å². The van der Waals surface area contributed by atoms with Crippen molar-refractivity contribution in [2.75, 3.05) is 40.9 Å². The molecule has 0 bridgehead atoms. The van der Waals surface area contributed by atoms with Gasteiger partial charge in [0.25, 0.3) is 7.82 Å². The second-order valence-electron chi connectivity index (χ2n) is 20.4. The molecule has 0 rings (SSSR count). The zero-order valence-corrected chi connectivity index (χ0v) is 45.3. The normalized spacial score (nSPS) is 14.0. The van der Waals surface area contributed by atoms with Crippen molar-refractivity contribution in [2.45, 2.75) is 283 Å². The zero-order chi connectivity index (χ0) is 48.7. The minimum absolute atomic E-state index is 0.0200. The topological polar surface area (TPSA) is 114 Å². The molecule has 0 aliphatic heterocycles. The summed E-state index contributed by atoms with van der Waals surface area (Å²) in [7, 11) is 1.19. The van der Waals surface area contributed by atoms with Crippen LogP contribution in [-0.4, -0.2) is 69.4 Å². The summed E-state index contributed by atoms with van der Waals surface area (Å²) in [5.74, 6) is -0.536. The van der Waals surface area contributed by atoms with Crippen LogP contribution in [0, 0.1) is 0 Å². The number of allylic oxidation sites excluding steroid dienone is 3. The molecule has 3 atom stereocenters. The number of carbonyl (C=O) groups excluding carboxylic acids is 2. The molecular weight excluding hydrogens is 844 g/mol. The number of nitrogens with one attached hydrogen (secondary N) is 1. The molecule has 0 aromatic heterocycles. The third-order valence-electron chi connectivity index (χ3n) is 12.6. The monoisotopic (exact) mass is 953 g/mol.